The van der Waals surface area contributed by atoms with Crippen LogP contribution in [0.1, 0.15) is 35.4 Å². The number of rotatable bonds is 4. The summed E-state index contributed by atoms with van der Waals surface area (Å²) < 4.78 is 0. The van der Waals surface area contributed by atoms with Gasteiger partial charge in [0, 0.05) is 36.6 Å². The van der Waals surface area contributed by atoms with Crippen molar-refractivity contribution in [2.75, 3.05) is 18.0 Å². The zero-order chi connectivity index (χ0) is 17.8. The molecule has 0 aliphatic carbocycles. The maximum absolute atomic E-state index is 12.3. The van der Waals surface area contributed by atoms with E-state index in [0.29, 0.717) is 12.0 Å². The lowest BCUT2D eigenvalue weighted by atomic mass is 10.0. The molecule has 2 aromatic heterocycles. The zero-order valence-corrected chi connectivity index (χ0v) is 14.5. The normalized spacial score (nSPS) is 15.0. The molecule has 0 atom stereocenters. The minimum absolute atomic E-state index is 0.0293. The van der Waals surface area contributed by atoms with Crippen LogP contribution < -0.4 is 10.2 Å². The van der Waals surface area contributed by atoms with Gasteiger partial charge in [0.05, 0.1) is 17.7 Å². The van der Waals surface area contributed by atoms with Crippen LogP contribution in [-0.2, 0) is 11.2 Å². The van der Waals surface area contributed by atoms with Crippen LogP contribution in [0.15, 0.2) is 18.3 Å². The van der Waals surface area contributed by atoms with Gasteiger partial charge >= 0.3 is 0 Å². The van der Waals surface area contributed by atoms with Crippen LogP contribution in [0.4, 0.5) is 5.82 Å². The minimum Gasteiger partial charge on any atom is -0.355 e. The topological polar surface area (TPSA) is 97.7 Å². The maximum atomic E-state index is 12.3. The summed E-state index contributed by atoms with van der Waals surface area (Å²) in [5.41, 5.74) is 3.39. The lowest BCUT2D eigenvalue weighted by Crippen LogP contribution is -2.45. The van der Waals surface area contributed by atoms with E-state index in [9.17, 15) is 10.1 Å². The number of hydrogen-bond acceptors (Lipinski definition) is 5. The van der Waals surface area contributed by atoms with E-state index >= 15 is 0 Å². The zero-order valence-electron chi connectivity index (χ0n) is 14.5. The monoisotopic (exact) mass is 338 g/mol. The summed E-state index contributed by atoms with van der Waals surface area (Å²) in [6.07, 6.45) is 3.75. The van der Waals surface area contributed by atoms with Crippen LogP contribution in [0, 0.1) is 25.2 Å². The third-order valence-electron chi connectivity index (χ3n) is 4.68. The number of nitriles is 1. The van der Waals surface area contributed by atoms with E-state index in [-0.39, 0.29) is 11.9 Å². The van der Waals surface area contributed by atoms with Gasteiger partial charge in [-0.25, -0.2) is 4.98 Å². The molecule has 3 heterocycles. The molecule has 1 aliphatic rings. The van der Waals surface area contributed by atoms with Crippen LogP contribution in [0.3, 0.4) is 0 Å². The second-order valence-corrected chi connectivity index (χ2v) is 6.40. The number of carbonyl (C=O) groups excluding carboxylic acids is 1. The van der Waals surface area contributed by atoms with Crippen LogP contribution in [0.25, 0.3) is 0 Å². The third-order valence-corrected chi connectivity index (χ3v) is 4.68. The molecule has 0 unspecified atom stereocenters. The number of hydrogen-bond donors (Lipinski definition) is 2. The number of nitrogens with zero attached hydrogens (tertiary/aromatic N) is 4. The van der Waals surface area contributed by atoms with Crippen molar-refractivity contribution >= 4 is 11.7 Å². The Kier molecular flexibility index (Phi) is 4.98. The van der Waals surface area contributed by atoms with E-state index in [1.807, 2.05) is 13.8 Å². The van der Waals surface area contributed by atoms with Gasteiger partial charge in [-0.15, -0.1) is 0 Å². The van der Waals surface area contributed by atoms with Gasteiger partial charge in [0.2, 0.25) is 5.91 Å². The average molecular weight is 338 g/mol. The third kappa shape index (κ3) is 3.79. The van der Waals surface area contributed by atoms with Gasteiger partial charge in [-0.05, 0) is 38.8 Å². The summed E-state index contributed by atoms with van der Waals surface area (Å²) in [6, 6.07) is 5.90. The fourth-order valence-corrected chi connectivity index (χ4v) is 3.25. The van der Waals surface area contributed by atoms with Crippen molar-refractivity contribution in [1.29, 1.82) is 5.26 Å². The molecule has 25 heavy (non-hydrogen) atoms. The highest BCUT2D eigenvalue weighted by molar-refractivity contribution is 5.79. The number of H-pyrrole nitrogens is 1. The summed E-state index contributed by atoms with van der Waals surface area (Å²) in [5, 5.41) is 19.4. The number of aromatic amines is 1. The molecule has 3 rings (SSSR count). The molecule has 7 nitrogen and oxygen atoms in total. The SMILES string of the molecule is Cc1n[nH]c(C)c1CC(=O)NC1CCN(c2ncccc2C#N)CC1. The number of amides is 1. The van der Waals surface area contributed by atoms with Gasteiger partial charge in [0.25, 0.3) is 0 Å². The van der Waals surface area contributed by atoms with Gasteiger partial charge < -0.3 is 10.2 Å². The number of aryl methyl sites for hydroxylation is 2. The van der Waals surface area contributed by atoms with Gasteiger partial charge in [0.15, 0.2) is 0 Å². The fraction of sp³-hybridized carbons (Fsp3) is 0.444. The Morgan fingerprint density at radius 3 is 2.84 bits per heavy atom. The van der Waals surface area contributed by atoms with Crippen LogP contribution >= 0.6 is 0 Å². The number of anilines is 1. The Bertz CT molecular complexity index is 779. The Morgan fingerprint density at radius 2 is 2.20 bits per heavy atom. The molecule has 1 amide bonds. The Labute approximate surface area is 147 Å². The summed E-state index contributed by atoms with van der Waals surface area (Å²) in [5.74, 6) is 0.765. The molecule has 130 valence electrons. The molecule has 0 radical (unpaired) electrons. The molecule has 0 bridgehead atoms. The maximum Gasteiger partial charge on any atom is 0.224 e. The molecule has 0 spiro atoms. The summed E-state index contributed by atoms with van der Waals surface area (Å²) in [4.78, 5) is 18.8. The van der Waals surface area contributed by atoms with E-state index in [0.717, 1.165) is 48.7 Å². The fourth-order valence-electron chi connectivity index (χ4n) is 3.25. The summed E-state index contributed by atoms with van der Waals surface area (Å²) in [6.45, 7) is 5.39. The van der Waals surface area contributed by atoms with Crippen molar-refractivity contribution in [2.24, 2.45) is 0 Å². The first-order valence-electron chi connectivity index (χ1n) is 8.48. The molecule has 7 heteroatoms. The molecule has 0 aromatic carbocycles. The molecule has 2 aromatic rings. The van der Waals surface area contributed by atoms with Crippen molar-refractivity contribution < 1.29 is 4.79 Å². The van der Waals surface area contributed by atoms with E-state index in [4.69, 9.17) is 0 Å². The first-order valence-corrected chi connectivity index (χ1v) is 8.48. The predicted octanol–water partition coefficient (Wildman–Crippen LogP) is 1.62. The number of piperidine rings is 1. The quantitative estimate of drug-likeness (QED) is 0.883. The second-order valence-electron chi connectivity index (χ2n) is 6.40. The highest BCUT2D eigenvalue weighted by Crippen LogP contribution is 2.21. The van der Waals surface area contributed by atoms with E-state index in [2.05, 4.69) is 31.5 Å². The lowest BCUT2D eigenvalue weighted by molar-refractivity contribution is -0.121. The standard InChI is InChI=1S/C18H22N6O/c1-12-16(13(2)23-22-12)10-17(25)21-15-5-8-24(9-6-15)18-14(11-19)4-3-7-20-18/h3-4,7,15H,5-6,8-10H2,1-2H3,(H,21,25)(H,22,23). The smallest absolute Gasteiger partial charge is 0.224 e. The van der Waals surface area contributed by atoms with Gasteiger partial charge in [-0.2, -0.15) is 10.4 Å². The minimum atomic E-state index is 0.0293. The highest BCUT2D eigenvalue weighted by Gasteiger charge is 2.23. The molecule has 1 saturated heterocycles. The number of nitrogens with one attached hydrogen (secondary N) is 2. The average Bonchev–Trinajstić information content (AvgIpc) is 2.94. The molecule has 1 aliphatic heterocycles. The van der Waals surface area contributed by atoms with Gasteiger partial charge in [-0.1, -0.05) is 0 Å². The molecular weight excluding hydrogens is 316 g/mol. The molecule has 0 saturated carbocycles. The second kappa shape index (κ2) is 7.34. The van der Waals surface area contributed by atoms with Crippen molar-refractivity contribution in [3.05, 3.63) is 40.8 Å². The van der Waals surface area contributed by atoms with Gasteiger partial charge in [0.1, 0.15) is 11.9 Å². The van der Waals surface area contributed by atoms with Gasteiger partial charge in [-0.3, -0.25) is 9.89 Å². The van der Waals surface area contributed by atoms with Crippen LogP contribution in [-0.4, -0.2) is 40.2 Å². The summed E-state index contributed by atoms with van der Waals surface area (Å²) >= 11 is 0. The molecule has 2 N–H and O–H groups in total. The largest absolute Gasteiger partial charge is 0.355 e. The first kappa shape index (κ1) is 17.0. The first-order chi connectivity index (χ1) is 12.1. The Balaban J connectivity index is 1.54. The van der Waals surface area contributed by atoms with E-state index in [1.54, 1.807) is 18.3 Å². The highest BCUT2D eigenvalue weighted by atomic mass is 16.1. The molecule has 1 fully saturated rings. The summed E-state index contributed by atoms with van der Waals surface area (Å²) in [7, 11) is 0. The Morgan fingerprint density at radius 1 is 1.44 bits per heavy atom. The number of pyridine rings is 1. The molecular formula is C18H22N6O. The van der Waals surface area contributed by atoms with Crippen LogP contribution in [0.2, 0.25) is 0 Å². The predicted molar refractivity (Wildman–Crippen MR) is 94.1 cm³/mol. The van der Waals surface area contributed by atoms with Crippen LogP contribution in [0.5, 0.6) is 0 Å². The van der Waals surface area contributed by atoms with Crippen molar-refractivity contribution in [2.45, 2.75) is 39.2 Å². The van der Waals surface area contributed by atoms with E-state index in [1.165, 1.54) is 0 Å². The number of carbonyl (C=O) groups is 1. The van der Waals surface area contributed by atoms with Crippen molar-refractivity contribution in [3.8, 4) is 6.07 Å². The number of aromatic nitrogens is 3. The van der Waals surface area contributed by atoms with Crippen molar-refractivity contribution in [1.82, 2.24) is 20.5 Å². The Hall–Kier alpha value is -2.88. The lowest BCUT2D eigenvalue weighted by Gasteiger charge is -2.33. The van der Waals surface area contributed by atoms with E-state index < -0.39 is 0 Å². The van der Waals surface area contributed by atoms with Crippen molar-refractivity contribution in [3.63, 3.8) is 0 Å².